The van der Waals surface area contributed by atoms with Crippen molar-refractivity contribution >= 4 is 29.8 Å². The van der Waals surface area contributed by atoms with Gasteiger partial charge in [-0.15, -0.1) is 0 Å². The summed E-state index contributed by atoms with van der Waals surface area (Å²) in [4.78, 5) is 51.3. The van der Waals surface area contributed by atoms with E-state index in [4.69, 9.17) is 14.9 Å². The molecule has 0 amide bonds. The largest absolute Gasteiger partial charge is 0.478 e. The maximum absolute atomic E-state index is 11.1. The average molecular weight is 615 g/mol. The average Bonchev–Trinajstić information content (AvgIpc) is 2.99. The molecule has 0 unspecified atom stereocenters. The number of aliphatic carboxylic acids is 1. The fourth-order valence-corrected chi connectivity index (χ4v) is 1.75. The summed E-state index contributed by atoms with van der Waals surface area (Å²) in [6, 6.07) is 0. The van der Waals surface area contributed by atoms with Gasteiger partial charge in [0, 0.05) is 28.9 Å². The number of carbonyl (C=O) groups excluding carboxylic acids is 4. The Balaban J connectivity index is -0.000000145. The summed E-state index contributed by atoms with van der Waals surface area (Å²) < 4.78 is 18.4. The summed E-state index contributed by atoms with van der Waals surface area (Å²) in [6.45, 7) is 26.8. The van der Waals surface area contributed by atoms with Crippen molar-refractivity contribution in [3.05, 3.63) is 61.8 Å². The van der Waals surface area contributed by atoms with E-state index in [1.165, 1.54) is 26.0 Å². The van der Waals surface area contributed by atoms with Crippen LogP contribution in [0.2, 0.25) is 0 Å². The van der Waals surface area contributed by atoms with Gasteiger partial charge in [-0.3, -0.25) is 0 Å². The zero-order valence-corrected chi connectivity index (χ0v) is 27.0. The summed E-state index contributed by atoms with van der Waals surface area (Å²) in [5.41, 5.74) is 1.35. The summed E-state index contributed by atoms with van der Waals surface area (Å²) in [6.07, 6.45) is 9.19. The van der Waals surface area contributed by atoms with Crippen molar-refractivity contribution < 1.29 is 53.1 Å². The molecule has 0 radical (unpaired) electrons. The first-order chi connectivity index (χ1) is 20.2. The zero-order valence-electron chi connectivity index (χ0n) is 27.0. The van der Waals surface area contributed by atoms with E-state index in [2.05, 4.69) is 54.0 Å². The molecule has 0 fully saturated rings. The van der Waals surface area contributed by atoms with Crippen LogP contribution in [0.3, 0.4) is 0 Å². The molecule has 0 aliphatic heterocycles. The Labute approximate surface area is 257 Å². The number of carbonyl (C=O) groups is 5. The van der Waals surface area contributed by atoms with Gasteiger partial charge in [-0.1, -0.05) is 79.3 Å². The molecule has 11 heteroatoms. The Morgan fingerprint density at radius 3 is 1.47 bits per heavy atom. The van der Waals surface area contributed by atoms with Gasteiger partial charge in [0.15, 0.2) is 0 Å². The minimum atomic E-state index is -0.981. The molecule has 0 bridgehead atoms. The maximum Gasteiger partial charge on any atom is 0.333 e. The molecule has 0 saturated heterocycles. The zero-order chi connectivity index (χ0) is 34.6. The first-order valence-corrected chi connectivity index (χ1v) is 13.8. The third-order valence-corrected chi connectivity index (χ3v) is 4.24. The SMILES string of the molecule is C=C(C)C(=O)OC.C=C(C)C(=O)OCCO.C=C(CC)C(=O)OCCCCCC.C=CC(=O)O.C=CC(=O)OCCCC. The lowest BCUT2D eigenvalue weighted by molar-refractivity contribution is -0.140. The van der Waals surface area contributed by atoms with Crippen LogP contribution in [0.4, 0.5) is 0 Å². The number of methoxy groups -OCH3 is 1. The summed E-state index contributed by atoms with van der Waals surface area (Å²) in [5, 5.41) is 15.8. The topological polar surface area (TPSA) is 163 Å². The number of rotatable bonds is 16. The van der Waals surface area contributed by atoms with Crippen molar-refractivity contribution in [2.24, 2.45) is 0 Å². The molecule has 43 heavy (non-hydrogen) atoms. The number of aliphatic hydroxyl groups is 1. The molecule has 248 valence electrons. The normalized spacial score (nSPS) is 8.53. The van der Waals surface area contributed by atoms with Crippen LogP contribution in [0.25, 0.3) is 0 Å². The molecule has 0 rings (SSSR count). The van der Waals surface area contributed by atoms with Gasteiger partial charge in [0.05, 0.1) is 26.9 Å². The number of hydrogen-bond acceptors (Lipinski definition) is 10. The monoisotopic (exact) mass is 614 g/mol. The van der Waals surface area contributed by atoms with Crippen molar-refractivity contribution in [1.82, 2.24) is 0 Å². The fraction of sp³-hybridized carbons (Fsp3) is 0.531. The van der Waals surface area contributed by atoms with Crippen LogP contribution in [0.1, 0.15) is 79.6 Å². The summed E-state index contributed by atoms with van der Waals surface area (Å²) in [7, 11) is 1.33. The second-order valence-electron chi connectivity index (χ2n) is 8.33. The standard InChI is InChI=1S/C11H20O2.C7H12O2.C6H10O3.C5H8O2.C3H4O2/c1-4-6-7-8-9-13-11(12)10(3)5-2;1-3-5-6-9-7(8)4-2;1-5(2)6(8)9-4-3-7;1-4(2)5(6)7-3;1-2-3(4)5/h3-9H2,1-2H3;4H,2-3,5-6H2,1H3;7H,1,3-4H2,2H3;1H2,2-3H3;2H,1H2,(H,4,5). The first kappa shape index (κ1) is 48.7. The Morgan fingerprint density at radius 2 is 1.14 bits per heavy atom. The minimum absolute atomic E-state index is 0.0473. The Kier molecular flexibility index (Phi) is 43.1. The van der Waals surface area contributed by atoms with Crippen LogP contribution < -0.4 is 0 Å². The van der Waals surface area contributed by atoms with Crippen LogP contribution in [0.5, 0.6) is 0 Å². The third-order valence-electron chi connectivity index (χ3n) is 4.24. The number of carboxylic acid groups (broad SMARTS) is 1. The quantitative estimate of drug-likeness (QED) is 0.0951. The van der Waals surface area contributed by atoms with Gasteiger partial charge in [-0.05, 0) is 33.1 Å². The van der Waals surface area contributed by atoms with Crippen LogP contribution in [-0.2, 0) is 42.9 Å². The van der Waals surface area contributed by atoms with E-state index in [0.717, 1.165) is 31.8 Å². The smallest absolute Gasteiger partial charge is 0.333 e. The van der Waals surface area contributed by atoms with Crippen LogP contribution >= 0.6 is 0 Å². The summed E-state index contributed by atoms with van der Waals surface area (Å²) >= 11 is 0. The second kappa shape index (κ2) is 38.0. The maximum atomic E-state index is 11.1. The van der Waals surface area contributed by atoms with Crippen LogP contribution in [-0.4, -0.2) is 73.6 Å². The molecule has 0 atom stereocenters. The van der Waals surface area contributed by atoms with Gasteiger partial charge in [0.1, 0.15) is 6.61 Å². The molecular weight excluding hydrogens is 560 g/mol. The van der Waals surface area contributed by atoms with Crippen molar-refractivity contribution in [2.75, 3.05) is 33.5 Å². The van der Waals surface area contributed by atoms with Gasteiger partial charge in [0.25, 0.3) is 0 Å². The van der Waals surface area contributed by atoms with E-state index < -0.39 is 11.9 Å². The summed E-state index contributed by atoms with van der Waals surface area (Å²) in [5.74, 6) is -2.35. The number of ether oxygens (including phenoxy) is 4. The minimum Gasteiger partial charge on any atom is -0.478 e. The van der Waals surface area contributed by atoms with Gasteiger partial charge in [0.2, 0.25) is 0 Å². The van der Waals surface area contributed by atoms with E-state index in [-0.39, 0.29) is 31.1 Å². The molecular formula is C32H54O11. The van der Waals surface area contributed by atoms with Gasteiger partial charge in [-0.25, -0.2) is 24.0 Å². The molecule has 0 aromatic carbocycles. The van der Waals surface area contributed by atoms with Crippen molar-refractivity contribution in [1.29, 1.82) is 0 Å². The first-order valence-electron chi connectivity index (χ1n) is 13.8. The highest BCUT2D eigenvalue weighted by Gasteiger charge is 2.04. The number of hydrogen-bond donors (Lipinski definition) is 2. The predicted molar refractivity (Wildman–Crippen MR) is 168 cm³/mol. The Morgan fingerprint density at radius 1 is 0.674 bits per heavy atom. The van der Waals surface area contributed by atoms with E-state index in [1.54, 1.807) is 13.8 Å². The number of unbranched alkanes of at least 4 members (excludes halogenated alkanes) is 4. The second-order valence-corrected chi connectivity index (χ2v) is 8.33. The number of esters is 4. The molecule has 0 aliphatic carbocycles. The molecule has 11 nitrogen and oxygen atoms in total. The van der Waals surface area contributed by atoms with Crippen molar-refractivity contribution in [2.45, 2.75) is 79.6 Å². The van der Waals surface area contributed by atoms with Gasteiger partial charge < -0.3 is 29.2 Å². The molecule has 2 N–H and O–H groups in total. The van der Waals surface area contributed by atoms with E-state index in [1.807, 2.05) is 13.8 Å². The molecule has 0 saturated carbocycles. The molecule has 0 aromatic heterocycles. The molecule has 0 heterocycles. The van der Waals surface area contributed by atoms with Gasteiger partial charge in [-0.2, -0.15) is 0 Å². The van der Waals surface area contributed by atoms with Crippen LogP contribution in [0, 0.1) is 0 Å². The van der Waals surface area contributed by atoms with E-state index in [0.29, 0.717) is 36.4 Å². The predicted octanol–water partition coefficient (Wildman–Crippen LogP) is 5.68. The van der Waals surface area contributed by atoms with E-state index >= 15 is 0 Å². The van der Waals surface area contributed by atoms with Crippen molar-refractivity contribution in [3.63, 3.8) is 0 Å². The highest BCUT2D eigenvalue weighted by atomic mass is 16.5. The molecule has 0 aliphatic rings. The number of carboxylic acids is 1. The van der Waals surface area contributed by atoms with Crippen LogP contribution in [0.15, 0.2) is 61.8 Å². The number of aliphatic hydroxyl groups excluding tert-OH is 1. The third kappa shape index (κ3) is 48.1. The lowest BCUT2D eigenvalue weighted by atomic mass is 10.2. The molecule has 0 aromatic rings. The Bertz CT molecular complexity index is 840. The lowest BCUT2D eigenvalue weighted by Crippen LogP contribution is -2.08. The fourth-order valence-electron chi connectivity index (χ4n) is 1.75. The van der Waals surface area contributed by atoms with Gasteiger partial charge >= 0.3 is 29.8 Å². The molecule has 0 spiro atoms. The van der Waals surface area contributed by atoms with Crippen molar-refractivity contribution in [3.8, 4) is 0 Å². The highest BCUT2D eigenvalue weighted by molar-refractivity contribution is 5.88. The lowest BCUT2D eigenvalue weighted by Gasteiger charge is -2.04. The highest BCUT2D eigenvalue weighted by Crippen LogP contribution is 2.03. The van der Waals surface area contributed by atoms with E-state index in [9.17, 15) is 24.0 Å². The Hall–Kier alpha value is -3.99.